The number of nitrogens with zero attached hydrogens (tertiary/aromatic N) is 2. The molecule has 3 rings (SSSR count). The summed E-state index contributed by atoms with van der Waals surface area (Å²) < 4.78 is 13.9. The monoisotopic (exact) mass is 263 g/mol. The van der Waals surface area contributed by atoms with Crippen LogP contribution in [0.4, 0.5) is 10.1 Å². The summed E-state index contributed by atoms with van der Waals surface area (Å²) in [6, 6.07) is 5.44. The van der Waals surface area contributed by atoms with E-state index in [-0.39, 0.29) is 17.4 Å². The maximum atomic E-state index is 13.9. The molecule has 2 aliphatic heterocycles. The number of carbonyl (C=O) groups excluding carboxylic acids is 1. The molecule has 5 heteroatoms. The van der Waals surface area contributed by atoms with E-state index in [2.05, 4.69) is 4.90 Å². The fourth-order valence-corrected chi connectivity index (χ4v) is 3.04. The maximum Gasteiger partial charge on any atom is 0.222 e. The fourth-order valence-electron chi connectivity index (χ4n) is 3.04. The summed E-state index contributed by atoms with van der Waals surface area (Å²) in [5.41, 5.74) is 6.42. The van der Waals surface area contributed by atoms with Crippen LogP contribution in [0.2, 0.25) is 0 Å². The molecule has 1 aromatic carbocycles. The fraction of sp³-hybridized carbons (Fsp3) is 0.500. The molecule has 1 aromatic rings. The first kappa shape index (κ1) is 12.4. The number of carbonyl (C=O) groups is 1. The number of anilines is 1. The predicted molar refractivity (Wildman–Crippen MR) is 70.8 cm³/mol. The molecule has 4 nitrogen and oxygen atoms in total. The van der Waals surface area contributed by atoms with Gasteiger partial charge in [0.15, 0.2) is 5.82 Å². The Balaban J connectivity index is 1.68. The highest BCUT2D eigenvalue weighted by atomic mass is 19.1. The average molecular weight is 263 g/mol. The molecule has 0 saturated carbocycles. The van der Waals surface area contributed by atoms with Crippen LogP contribution < -0.4 is 5.73 Å². The first-order valence-electron chi connectivity index (χ1n) is 6.70. The van der Waals surface area contributed by atoms with Gasteiger partial charge in [-0.15, -0.1) is 0 Å². The van der Waals surface area contributed by atoms with Crippen molar-refractivity contribution in [3.8, 4) is 0 Å². The Morgan fingerprint density at radius 2 is 2.21 bits per heavy atom. The van der Waals surface area contributed by atoms with Gasteiger partial charge in [0.05, 0.1) is 5.69 Å². The number of halogens is 1. The van der Waals surface area contributed by atoms with Crippen LogP contribution in [-0.2, 0) is 11.3 Å². The molecule has 2 saturated heterocycles. The highest BCUT2D eigenvalue weighted by Gasteiger charge is 2.35. The topological polar surface area (TPSA) is 49.6 Å². The van der Waals surface area contributed by atoms with E-state index < -0.39 is 0 Å². The summed E-state index contributed by atoms with van der Waals surface area (Å²) in [5, 5.41) is 0. The molecule has 1 atom stereocenters. The Kier molecular flexibility index (Phi) is 3.14. The molecule has 0 bridgehead atoms. The van der Waals surface area contributed by atoms with Gasteiger partial charge in [0.2, 0.25) is 5.91 Å². The van der Waals surface area contributed by atoms with E-state index in [1.165, 1.54) is 0 Å². The van der Waals surface area contributed by atoms with Gasteiger partial charge in [-0.25, -0.2) is 4.39 Å². The molecule has 19 heavy (non-hydrogen) atoms. The molecular formula is C14H18FN3O. The Labute approximate surface area is 112 Å². The lowest BCUT2D eigenvalue weighted by Crippen LogP contribution is -2.51. The second-order valence-electron chi connectivity index (χ2n) is 5.34. The number of nitrogens with two attached hydrogens (primary N) is 1. The number of amides is 1. The number of fused-ring (bicyclic) bond motifs is 1. The van der Waals surface area contributed by atoms with Crippen molar-refractivity contribution in [3.05, 3.63) is 29.6 Å². The summed E-state index contributed by atoms with van der Waals surface area (Å²) in [6.07, 6.45) is 1.58. The van der Waals surface area contributed by atoms with E-state index in [9.17, 15) is 9.18 Å². The second kappa shape index (κ2) is 4.81. The van der Waals surface area contributed by atoms with E-state index in [1.807, 2.05) is 4.90 Å². The Bertz CT molecular complexity index is 505. The van der Waals surface area contributed by atoms with Gasteiger partial charge in [0.25, 0.3) is 0 Å². The first-order chi connectivity index (χ1) is 9.15. The quantitative estimate of drug-likeness (QED) is 0.816. The summed E-state index contributed by atoms with van der Waals surface area (Å²) in [6.45, 7) is 2.96. The third-order valence-corrected chi connectivity index (χ3v) is 4.08. The normalized spacial score (nSPS) is 23.7. The number of nitrogen functional groups attached to an aromatic ring is 1. The van der Waals surface area contributed by atoms with Gasteiger partial charge in [-0.05, 0) is 12.5 Å². The maximum absolute atomic E-state index is 13.9. The van der Waals surface area contributed by atoms with Crippen molar-refractivity contribution in [2.45, 2.75) is 25.4 Å². The SMILES string of the molecule is Nc1cccc(CN2CCN3C(=O)CCC3C2)c1F. The summed E-state index contributed by atoms with van der Waals surface area (Å²) in [5.74, 6) is -0.0489. The highest BCUT2D eigenvalue weighted by Crippen LogP contribution is 2.24. The molecule has 2 fully saturated rings. The molecular weight excluding hydrogens is 245 g/mol. The van der Waals surface area contributed by atoms with E-state index in [1.54, 1.807) is 18.2 Å². The Morgan fingerprint density at radius 3 is 3.05 bits per heavy atom. The van der Waals surface area contributed by atoms with Crippen molar-refractivity contribution in [3.63, 3.8) is 0 Å². The predicted octanol–water partition coefficient (Wildman–Crippen LogP) is 1.21. The van der Waals surface area contributed by atoms with E-state index in [0.717, 1.165) is 26.1 Å². The zero-order chi connectivity index (χ0) is 13.4. The minimum Gasteiger partial charge on any atom is -0.396 e. The van der Waals surface area contributed by atoms with Crippen LogP contribution in [0.25, 0.3) is 0 Å². The van der Waals surface area contributed by atoms with Gasteiger partial charge >= 0.3 is 0 Å². The van der Waals surface area contributed by atoms with E-state index in [4.69, 9.17) is 5.73 Å². The lowest BCUT2D eigenvalue weighted by Gasteiger charge is -2.37. The number of rotatable bonds is 2. The summed E-state index contributed by atoms with van der Waals surface area (Å²) in [4.78, 5) is 15.8. The molecule has 1 amide bonds. The second-order valence-corrected chi connectivity index (χ2v) is 5.34. The van der Waals surface area contributed by atoms with Crippen LogP contribution in [0.5, 0.6) is 0 Å². The lowest BCUT2D eigenvalue weighted by atomic mass is 10.1. The smallest absolute Gasteiger partial charge is 0.222 e. The zero-order valence-corrected chi connectivity index (χ0v) is 10.8. The molecule has 2 aliphatic rings. The largest absolute Gasteiger partial charge is 0.396 e. The van der Waals surface area contributed by atoms with Crippen molar-refractivity contribution < 1.29 is 9.18 Å². The molecule has 0 spiro atoms. The Hall–Kier alpha value is -1.62. The number of benzene rings is 1. The van der Waals surface area contributed by atoms with Crippen LogP contribution in [0.15, 0.2) is 18.2 Å². The van der Waals surface area contributed by atoms with Gasteiger partial charge in [0, 0.05) is 44.2 Å². The van der Waals surface area contributed by atoms with Crippen molar-refractivity contribution in [2.75, 3.05) is 25.4 Å². The molecule has 0 aliphatic carbocycles. The van der Waals surface area contributed by atoms with Crippen molar-refractivity contribution in [1.29, 1.82) is 0 Å². The highest BCUT2D eigenvalue weighted by molar-refractivity contribution is 5.78. The average Bonchev–Trinajstić information content (AvgIpc) is 2.76. The molecule has 0 aromatic heterocycles. The molecule has 0 radical (unpaired) electrons. The van der Waals surface area contributed by atoms with Crippen LogP contribution in [0.3, 0.4) is 0 Å². The van der Waals surface area contributed by atoms with E-state index >= 15 is 0 Å². The van der Waals surface area contributed by atoms with Crippen molar-refractivity contribution in [1.82, 2.24) is 9.80 Å². The third-order valence-electron chi connectivity index (χ3n) is 4.08. The van der Waals surface area contributed by atoms with Gasteiger partial charge in [-0.3, -0.25) is 9.69 Å². The van der Waals surface area contributed by atoms with Gasteiger partial charge in [-0.1, -0.05) is 12.1 Å². The molecule has 1 unspecified atom stereocenters. The van der Waals surface area contributed by atoms with Gasteiger partial charge < -0.3 is 10.6 Å². The lowest BCUT2D eigenvalue weighted by molar-refractivity contribution is -0.130. The minimum absolute atomic E-state index is 0.201. The van der Waals surface area contributed by atoms with Crippen LogP contribution in [0, 0.1) is 5.82 Å². The standard InChI is InChI=1S/C14H18FN3O/c15-14-10(2-1-3-12(14)16)8-17-6-7-18-11(9-17)4-5-13(18)19/h1-3,11H,4-9,16H2. The summed E-state index contributed by atoms with van der Waals surface area (Å²) in [7, 11) is 0. The number of piperazine rings is 1. The van der Waals surface area contributed by atoms with E-state index in [0.29, 0.717) is 24.6 Å². The van der Waals surface area contributed by atoms with Crippen LogP contribution in [0.1, 0.15) is 18.4 Å². The van der Waals surface area contributed by atoms with Crippen molar-refractivity contribution in [2.24, 2.45) is 0 Å². The number of hydrogen-bond acceptors (Lipinski definition) is 3. The van der Waals surface area contributed by atoms with Crippen LogP contribution >= 0.6 is 0 Å². The molecule has 2 N–H and O–H groups in total. The van der Waals surface area contributed by atoms with Crippen molar-refractivity contribution >= 4 is 11.6 Å². The van der Waals surface area contributed by atoms with Gasteiger partial charge in [0.1, 0.15) is 0 Å². The zero-order valence-electron chi connectivity index (χ0n) is 10.8. The first-order valence-corrected chi connectivity index (χ1v) is 6.70. The minimum atomic E-state index is -0.313. The van der Waals surface area contributed by atoms with Gasteiger partial charge in [-0.2, -0.15) is 0 Å². The Morgan fingerprint density at radius 1 is 1.37 bits per heavy atom. The summed E-state index contributed by atoms with van der Waals surface area (Å²) >= 11 is 0. The van der Waals surface area contributed by atoms with Crippen LogP contribution in [-0.4, -0.2) is 41.4 Å². The molecule has 2 heterocycles. The third kappa shape index (κ3) is 2.30. The molecule has 102 valence electrons. The number of hydrogen-bond donors (Lipinski definition) is 1.